The van der Waals surface area contributed by atoms with Gasteiger partial charge in [0.2, 0.25) is 0 Å². The third kappa shape index (κ3) is 3.42. The first-order valence-electron chi connectivity index (χ1n) is 5.38. The molecular formula is C13H10ClFN2O2. The van der Waals surface area contributed by atoms with Crippen molar-refractivity contribution in [3.63, 3.8) is 0 Å². The molecule has 0 aliphatic rings. The number of rotatable bonds is 3. The van der Waals surface area contributed by atoms with Gasteiger partial charge in [-0.3, -0.25) is 4.98 Å². The number of esters is 1. The SMILES string of the molecule is Nc1cc(C(=O)OCc2cncc(F)c2)ccc1Cl. The third-order valence-electron chi connectivity index (χ3n) is 2.36. The van der Waals surface area contributed by atoms with Crippen molar-refractivity contribution < 1.29 is 13.9 Å². The van der Waals surface area contributed by atoms with E-state index in [-0.39, 0.29) is 12.2 Å². The Morgan fingerprint density at radius 1 is 1.37 bits per heavy atom. The van der Waals surface area contributed by atoms with Crippen molar-refractivity contribution in [2.45, 2.75) is 6.61 Å². The first kappa shape index (κ1) is 13.3. The zero-order valence-corrected chi connectivity index (χ0v) is 10.5. The van der Waals surface area contributed by atoms with E-state index < -0.39 is 11.8 Å². The van der Waals surface area contributed by atoms with Crippen LogP contribution < -0.4 is 5.73 Å². The second-order valence-electron chi connectivity index (χ2n) is 3.82. The van der Waals surface area contributed by atoms with Gasteiger partial charge in [-0.15, -0.1) is 0 Å². The lowest BCUT2D eigenvalue weighted by atomic mass is 10.2. The highest BCUT2D eigenvalue weighted by Crippen LogP contribution is 2.20. The Labute approximate surface area is 114 Å². The molecule has 0 spiro atoms. The Morgan fingerprint density at radius 2 is 2.16 bits per heavy atom. The molecule has 6 heteroatoms. The zero-order chi connectivity index (χ0) is 13.8. The van der Waals surface area contributed by atoms with E-state index in [2.05, 4.69) is 4.98 Å². The van der Waals surface area contributed by atoms with Gasteiger partial charge in [-0.1, -0.05) is 11.6 Å². The van der Waals surface area contributed by atoms with E-state index in [1.807, 2.05) is 0 Å². The van der Waals surface area contributed by atoms with Crippen LogP contribution in [-0.4, -0.2) is 11.0 Å². The highest BCUT2D eigenvalue weighted by atomic mass is 35.5. The fraction of sp³-hybridized carbons (Fsp3) is 0.0769. The van der Waals surface area contributed by atoms with E-state index in [0.717, 1.165) is 6.20 Å². The van der Waals surface area contributed by atoms with Gasteiger partial charge in [0.25, 0.3) is 0 Å². The number of benzene rings is 1. The van der Waals surface area contributed by atoms with Gasteiger partial charge in [0.05, 0.1) is 22.5 Å². The van der Waals surface area contributed by atoms with Gasteiger partial charge in [-0.05, 0) is 24.3 Å². The minimum Gasteiger partial charge on any atom is -0.457 e. The van der Waals surface area contributed by atoms with Crippen LogP contribution in [0.2, 0.25) is 5.02 Å². The molecule has 0 saturated carbocycles. The smallest absolute Gasteiger partial charge is 0.338 e. The molecule has 0 aliphatic carbocycles. The molecule has 0 saturated heterocycles. The van der Waals surface area contributed by atoms with Crippen molar-refractivity contribution in [3.05, 3.63) is 58.6 Å². The topological polar surface area (TPSA) is 65.2 Å². The summed E-state index contributed by atoms with van der Waals surface area (Å²) in [6.45, 7) is -0.0634. The fourth-order valence-corrected chi connectivity index (χ4v) is 1.56. The number of hydrogen-bond acceptors (Lipinski definition) is 4. The summed E-state index contributed by atoms with van der Waals surface area (Å²) in [6, 6.07) is 5.69. The molecule has 1 aromatic carbocycles. The average molecular weight is 281 g/mol. The standard InChI is InChI=1S/C13H10ClFN2O2/c14-11-2-1-9(4-12(11)16)13(18)19-7-8-3-10(15)6-17-5-8/h1-6H,7,16H2. The number of nitrogen functional groups attached to an aromatic ring is 1. The molecular weight excluding hydrogens is 271 g/mol. The molecule has 2 N–H and O–H groups in total. The van der Waals surface area contributed by atoms with Crippen LogP contribution >= 0.6 is 11.6 Å². The van der Waals surface area contributed by atoms with E-state index in [1.54, 1.807) is 0 Å². The Balaban J connectivity index is 2.03. The highest BCUT2D eigenvalue weighted by molar-refractivity contribution is 6.33. The number of hydrogen-bond donors (Lipinski definition) is 1. The molecule has 1 heterocycles. The summed E-state index contributed by atoms with van der Waals surface area (Å²) in [6.07, 6.45) is 2.50. The van der Waals surface area contributed by atoms with E-state index in [9.17, 15) is 9.18 Å². The summed E-state index contributed by atoms with van der Waals surface area (Å²) in [7, 11) is 0. The van der Waals surface area contributed by atoms with Crippen molar-refractivity contribution >= 4 is 23.3 Å². The summed E-state index contributed by atoms with van der Waals surface area (Å²) < 4.78 is 17.9. The predicted octanol–water partition coefficient (Wildman–Crippen LogP) is 2.81. The molecule has 2 aromatic rings. The van der Waals surface area contributed by atoms with Gasteiger partial charge in [-0.2, -0.15) is 0 Å². The van der Waals surface area contributed by atoms with Crippen LogP contribution in [0.15, 0.2) is 36.7 Å². The van der Waals surface area contributed by atoms with Crippen LogP contribution in [0.5, 0.6) is 0 Å². The fourth-order valence-electron chi connectivity index (χ4n) is 1.44. The van der Waals surface area contributed by atoms with Crippen LogP contribution in [0.25, 0.3) is 0 Å². The van der Waals surface area contributed by atoms with Gasteiger partial charge in [0, 0.05) is 11.8 Å². The number of pyridine rings is 1. The average Bonchev–Trinajstić information content (AvgIpc) is 2.39. The lowest BCUT2D eigenvalue weighted by Crippen LogP contribution is -2.06. The summed E-state index contributed by atoms with van der Waals surface area (Å²) >= 11 is 5.75. The Hall–Kier alpha value is -2.14. The zero-order valence-electron chi connectivity index (χ0n) is 9.77. The van der Waals surface area contributed by atoms with Crippen molar-refractivity contribution in [1.29, 1.82) is 0 Å². The second kappa shape index (κ2) is 5.67. The second-order valence-corrected chi connectivity index (χ2v) is 4.23. The number of ether oxygens (including phenoxy) is 1. The Kier molecular flexibility index (Phi) is 3.97. The van der Waals surface area contributed by atoms with Gasteiger partial charge in [0.1, 0.15) is 12.4 Å². The maximum absolute atomic E-state index is 12.9. The van der Waals surface area contributed by atoms with Gasteiger partial charge in [0.15, 0.2) is 0 Å². The number of carbonyl (C=O) groups excluding carboxylic acids is 1. The molecule has 2 rings (SSSR count). The van der Waals surface area contributed by atoms with E-state index in [1.165, 1.54) is 30.5 Å². The molecule has 0 aliphatic heterocycles. The van der Waals surface area contributed by atoms with Gasteiger partial charge >= 0.3 is 5.97 Å². The molecule has 4 nitrogen and oxygen atoms in total. The molecule has 1 aromatic heterocycles. The van der Waals surface area contributed by atoms with Gasteiger partial charge in [-0.25, -0.2) is 9.18 Å². The highest BCUT2D eigenvalue weighted by Gasteiger charge is 2.09. The molecule has 0 amide bonds. The summed E-state index contributed by atoms with van der Waals surface area (Å²) in [5.41, 5.74) is 6.63. The molecule has 98 valence electrons. The van der Waals surface area contributed by atoms with Crippen LogP contribution in [-0.2, 0) is 11.3 Å². The van der Waals surface area contributed by atoms with Crippen LogP contribution in [0.3, 0.4) is 0 Å². The first-order valence-corrected chi connectivity index (χ1v) is 5.75. The maximum atomic E-state index is 12.9. The molecule has 19 heavy (non-hydrogen) atoms. The lowest BCUT2D eigenvalue weighted by molar-refractivity contribution is 0.0472. The lowest BCUT2D eigenvalue weighted by Gasteiger charge is -2.06. The quantitative estimate of drug-likeness (QED) is 0.693. The summed E-state index contributed by atoms with van der Waals surface area (Å²) in [4.78, 5) is 15.4. The number of anilines is 1. The summed E-state index contributed by atoms with van der Waals surface area (Å²) in [5, 5.41) is 0.367. The third-order valence-corrected chi connectivity index (χ3v) is 2.71. The number of aromatic nitrogens is 1. The monoisotopic (exact) mass is 280 g/mol. The molecule has 0 radical (unpaired) electrons. The molecule has 0 fully saturated rings. The minimum absolute atomic E-state index is 0.0634. The van der Waals surface area contributed by atoms with Crippen LogP contribution in [0, 0.1) is 5.82 Å². The Bertz CT molecular complexity index is 619. The first-order chi connectivity index (χ1) is 9.06. The molecule has 0 unspecified atom stereocenters. The van der Waals surface area contributed by atoms with E-state index in [4.69, 9.17) is 22.1 Å². The van der Waals surface area contributed by atoms with Crippen molar-refractivity contribution in [2.24, 2.45) is 0 Å². The van der Waals surface area contributed by atoms with Crippen LogP contribution in [0.4, 0.5) is 10.1 Å². The van der Waals surface area contributed by atoms with Crippen molar-refractivity contribution in [1.82, 2.24) is 4.98 Å². The van der Waals surface area contributed by atoms with Crippen LogP contribution in [0.1, 0.15) is 15.9 Å². The molecule has 0 bridgehead atoms. The number of nitrogens with zero attached hydrogens (tertiary/aromatic N) is 1. The van der Waals surface area contributed by atoms with Crippen molar-refractivity contribution in [3.8, 4) is 0 Å². The Morgan fingerprint density at radius 3 is 2.84 bits per heavy atom. The molecule has 0 atom stereocenters. The number of halogens is 2. The summed E-state index contributed by atoms with van der Waals surface area (Å²) in [5.74, 6) is -1.04. The minimum atomic E-state index is -0.562. The number of nitrogens with two attached hydrogens (primary N) is 1. The maximum Gasteiger partial charge on any atom is 0.338 e. The van der Waals surface area contributed by atoms with E-state index >= 15 is 0 Å². The largest absolute Gasteiger partial charge is 0.457 e. The normalized spacial score (nSPS) is 10.2. The number of carbonyl (C=O) groups is 1. The van der Waals surface area contributed by atoms with E-state index in [0.29, 0.717) is 16.3 Å². The van der Waals surface area contributed by atoms with Crippen molar-refractivity contribution in [2.75, 3.05) is 5.73 Å². The van der Waals surface area contributed by atoms with Gasteiger partial charge < -0.3 is 10.5 Å². The predicted molar refractivity (Wildman–Crippen MR) is 69.2 cm³/mol.